The first-order chi connectivity index (χ1) is 23.0. The van der Waals surface area contributed by atoms with Gasteiger partial charge in [0, 0.05) is 37.5 Å². The highest BCUT2D eigenvalue weighted by Gasteiger charge is 2.39. The Balaban J connectivity index is 1.54. The lowest BCUT2D eigenvalue weighted by atomic mass is 9.93. The molecule has 2 aromatic rings. The van der Waals surface area contributed by atoms with Crippen LogP contribution in [-0.2, 0) is 30.3 Å². The average molecular weight is 664 g/mol. The van der Waals surface area contributed by atoms with Crippen LogP contribution in [0.5, 0.6) is 0 Å². The number of aliphatic hydroxyl groups excluding tert-OH is 1. The van der Waals surface area contributed by atoms with E-state index in [-0.39, 0.29) is 55.8 Å². The third kappa shape index (κ3) is 10.5. The minimum Gasteiger partial charge on any atom is -0.460 e. The van der Waals surface area contributed by atoms with Gasteiger partial charge in [0.25, 0.3) is 5.91 Å². The van der Waals surface area contributed by atoms with E-state index in [2.05, 4.69) is 20.6 Å². The Bertz CT molecular complexity index is 1550. The topological polar surface area (TPSA) is 190 Å². The van der Waals surface area contributed by atoms with Gasteiger partial charge < -0.3 is 29.2 Å². The number of anilines is 1. The molecule has 3 amide bonds. The number of hydrogen-bond acceptors (Lipinski definition) is 11. The summed E-state index contributed by atoms with van der Waals surface area (Å²) < 4.78 is 16.8. The van der Waals surface area contributed by atoms with Gasteiger partial charge in [-0.1, -0.05) is 49.8 Å². The van der Waals surface area contributed by atoms with Crippen LogP contribution in [0.15, 0.2) is 71.0 Å². The molecule has 0 spiro atoms. The molecule has 2 aliphatic heterocycles. The first-order valence-electron chi connectivity index (χ1n) is 15.8. The summed E-state index contributed by atoms with van der Waals surface area (Å²) in [4.78, 5) is 74.2. The highest BCUT2D eigenvalue weighted by Crippen LogP contribution is 2.26. The summed E-state index contributed by atoms with van der Waals surface area (Å²) in [6.45, 7) is 5.61. The summed E-state index contributed by atoms with van der Waals surface area (Å²) in [5, 5.41) is 15.6. The van der Waals surface area contributed by atoms with Gasteiger partial charge in [-0.15, -0.1) is 0 Å². The summed E-state index contributed by atoms with van der Waals surface area (Å²) in [5.74, 6) is -2.63. The lowest BCUT2D eigenvalue weighted by molar-refractivity contribution is -0.159. The number of hydrogen-bond donors (Lipinski definition) is 3. The standard InChI is InChI=1S/C34H41N5O9/c1-21-8-6-14-36-29(42)12-11-22(2)31(23(3)19-47-34(45)38-28-10-4-5-13-35-28)48-33(44)27-9-7-15-39(27)32(43)26-20-46-30(37-26)18-25(41)17-24(40)16-21/h4-6,8,10-13,16,20,22-24,27,31,40H,7,9,14-15,17-19H2,1-3H3,(H,36,42)(H,35,38,45)/b8-6+,12-11+,21-16+/t22-,23-,24-,27-,31+/m1/s1. The Kier molecular flexibility index (Phi) is 12.8. The van der Waals surface area contributed by atoms with E-state index in [4.69, 9.17) is 13.9 Å². The number of carbonyl (C=O) groups is 5. The molecule has 48 heavy (non-hydrogen) atoms. The van der Waals surface area contributed by atoms with Crippen LogP contribution in [0.3, 0.4) is 0 Å². The number of aromatic nitrogens is 2. The van der Waals surface area contributed by atoms with Crippen LogP contribution in [0.25, 0.3) is 0 Å². The summed E-state index contributed by atoms with van der Waals surface area (Å²) in [6.07, 6.45) is 8.38. The molecule has 4 rings (SSSR count). The number of ether oxygens (including phenoxy) is 2. The molecule has 0 saturated carbocycles. The molecule has 1 fully saturated rings. The van der Waals surface area contributed by atoms with Gasteiger partial charge in [-0.2, -0.15) is 0 Å². The molecule has 0 radical (unpaired) electrons. The number of esters is 1. The van der Waals surface area contributed by atoms with E-state index in [1.807, 2.05) is 0 Å². The molecule has 2 aromatic heterocycles. The molecule has 2 aliphatic rings. The quantitative estimate of drug-likeness (QED) is 0.408. The fourth-order valence-corrected chi connectivity index (χ4v) is 5.43. The number of nitrogens with zero attached hydrogens (tertiary/aromatic N) is 3. The molecule has 256 valence electrons. The van der Waals surface area contributed by atoms with E-state index < -0.39 is 48.1 Å². The molecular weight excluding hydrogens is 622 g/mol. The zero-order valence-electron chi connectivity index (χ0n) is 27.2. The van der Waals surface area contributed by atoms with Crippen LogP contribution < -0.4 is 10.6 Å². The molecule has 5 atom stereocenters. The van der Waals surface area contributed by atoms with Gasteiger partial charge in [0.15, 0.2) is 5.69 Å². The number of ketones is 1. The van der Waals surface area contributed by atoms with Crippen LogP contribution in [0.2, 0.25) is 0 Å². The van der Waals surface area contributed by atoms with Crippen molar-refractivity contribution in [3.05, 3.63) is 78.2 Å². The van der Waals surface area contributed by atoms with Gasteiger partial charge in [0.1, 0.15) is 30.0 Å². The number of aliphatic hydroxyl groups is 1. The van der Waals surface area contributed by atoms with Crippen molar-refractivity contribution in [2.24, 2.45) is 11.8 Å². The number of pyridine rings is 1. The summed E-state index contributed by atoms with van der Waals surface area (Å²) in [7, 11) is 0. The molecule has 3 N–H and O–H groups in total. The number of allylic oxidation sites excluding steroid dienone is 2. The molecule has 14 heteroatoms. The third-order valence-corrected chi connectivity index (χ3v) is 7.83. The molecule has 0 aromatic carbocycles. The number of amides is 3. The second-order valence-corrected chi connectivity index (χ2v) is 11.9. The van der Waals surface area contributed by atoms with Gasteiger partial charge in [0.2, 0.25) is 11.8 Å². The number of fused-ring (bicyclic) bond motifs is 3. The number of carbonyl (C=O) groups excluding carboxylic acids is 5. The van der Waals surface area contributed by atoms with Gasteiger partial charge in [-0.05, 0) is 38.0 Å². The molecule has 14 nitrogen and oxygen atoms in total. The van der Waals surface area contributed by atoms with Gasteiger partial charge >= 0.3 is 12.1 Å². The molecule has 0 unspecified atom stereocenters. The lowest BCUT2D eigenvalue weighted by Crippen LogP contribution is -2.44. The number of rotatable bonds is 4. The highest BCUT2D eigenvalue weighted by atomic mass is 16.6. The monoisotopic (exact) mass is 663 g/mol. The maximum Gasteiger partial charge on any atom is 0.412 e. The van der Waals surface area contributed by atoms with Crippen LogP contribution in [0.4, 0.5) is 10.6 Å². The first kappa shape index (κ1) is 35.7. The van der Waals surface area contributed by atoms with Crippen molar-refractivity contribution in [2.75, 3.05) is 25.0 Å². The minimum absolute atomic E-state index is 0.0187. The molecular formula is C34H41N5O9. The second-order valence-electron chi connectivity index (χ2n) is 11.9. The first-order valence-corrected chi connectivity index (χ1v) is 15.8. The van der Waals surface area contributed by atoms with Gasteiger partial charge in [0.05, 0.1) is 19.1 Å². The summed E-state index contributed by atoms with van der Waals surface area (Å²) in [6, 6.07) is 4.11. The number of Topliss-reactive ketones (excluding diaryl/α,β-unsaturated/α-hetero) is 1. The van der Waals surface area contributed by atoms with E-state index in [0.717, 1.165) is 6.26 Å². The lowest BCUT2D eigenvalue weighted by Gasteiger charge is -2.30. The summed E-state index contributed by atoms with van der Waals surface area (Å²) >= 11 is 0. The Labute approximate surface area is 278 Å². The SMILES string of the molecule is CC1=C\[C@@H](O)CC(=O)Cc2nc(co2)C(=O)N2CCC[C@@H]2C(=O)O[C@H]([C@H](C)COC(=O)Nc2ccccn2)[C@H](C)/C=C/C(=O)NC\C=C\1. The van der Waals surface area contributed by atoms with Crippen molar-refractivity contribution in [3.63, 3.8) is 0 Å². The largest absolute Gasteiger partial charge is 0.460 e. The fraction of sp³-hybridized carbons (Fsp3) is 0.441. The van der Waals surface area contributed by atoms with Crippen molar-refractivity contribution in [1.82, 2.24) is 20.2 Å². The molecule has 2 bridgehead atoms. The number of oxazole rings is 1. The maximum atomic E-state index is 13.6. The Morgan fingerprint density at radius 2 is 2.04 bits per heavy atom. The van der Waals surface area contributed by atoms with Crippen LogP contribution in [0.1, 0.15) is 56.4 Å². The van der Waals surface area contributed by atoms with Crippen molar-refractivity contribution in [3.8, 4) is 0 Å². The Morgan fingerprint density at radius 1 is 1.23 bits per heavy atom. The number of nitrogens with one attached hydrogen (secondary N) is 2. The Hall–Kier alpha value is -5.11. The van der Waals surface area contributed by atoms with Crippen LogP contribution >= 0.6 is 0 Å². The predicted molar refractivity (Wildman–Crippen MR) is 172 cm³/mol. The molecule has 1 saturated heterocycles. The molecule has 0 aliphatic carbocycles. The normalized spacial score (nSPS) is 26.2. The van der Waals surface area contributed by atoms with Gasteiger partial charge in [-0.3, -0.25) is 19.7 Å². The zero-order valence-corrected chi connectivity index (χ0v) is 27.2. The maximum absolute atomic E-state index is 13.6. The van der Waals surface area contributed by atoms with Crippen LogP contribution in [0, 0.1) is 11.8 Å². The fourth-order valence-electron chi connectivity index (χ4n) is 5.43. The highest BCUT2D eigenvalue weighted by molar-refractivity contribution is 5.95. The van der Waals surface area contributed by atoms with Crippen LogP contribution in [-0.4, -0.2) is 87.6 Å². The van der Waals surface area contributed by atoms with Crippen molar-refractivity contribution in [2.45, 2.75) is 64.7 Å². The van der Waals surface area contributed by atoms with Gasteiger partial charge in [-0.25, -0.2) is 19.6 Å². The smallest absolute Gasteiger partial charge is 0.412 e. The van der Waals surface area contributed by atoms with E-state index in [0.29, 0.717) is 24.2 Å². The molecule has 4 heterocycles. The minimum atomic E-state index is -1.05. The average Bonchev–Trinajstić information content (AvgIpc) is 3.73. The van der Waals surface area contributed by atoms with E-state index >= 15 is 0 Å². The van der Waals surface area contributed by atoms with Crippen molar-refractivity contribution < 1.29 is 43.0 Å². The zero-order chi connectivity index (χ0) is 34.6. The predicted octanol–water partition coefficient (Wildman–Crippen LogP) is 3.16. The number of cyclic esters (lactones) is 1. The van der Waals surface area contributed by atoms with E-state index in [1.165, 1.54) is 23.2 Å². The Morgan fingerprint density at radius 3 is 2.81 bits per heavy atom. The third-order valence-electron chi connectivity index (χ3n) is 7.83. The second kappa shape index (κ2) is 17.2. The van der Waals surface area contributed by atoms with E-state index in [9.17, 15) is 29.1 Å². The van der Waals surface area contributed by atoms with Crippen molar-refractivity contribution in [1.29, 1.82) is 0 Å². The summed E-state index contributed by atoms with van der Waals surface area (Å²) in [5.41, 5.74) is 0.628. The van der Waals surface area contributed by atoms with E-state index in [1.54, 1.807) is 57.2 Å². The van der Waals surface area contributed by atoms with Crippen molar-refractivity contribution >= 4 is 35.5 Å².